The molecule has 0 aromatic heterocycles. The van der Waals surface area contributed by atoms with E-state index in [1.165, 1.54) is 64.2 Å². The predicted octanol–water partition coefficient (Wildman–Crippen LogP) is 8.24. The standard InChI is InChI=1S/C24H50O2S/c1-5-9-11-13-15-17-21-23(19-7-3)27(25,26)24(20-8-4)22-18-16-14-12-10-6-2/h23-24H,5-22H2,1-4H3. The Balaban J connectivity index is 4.56. The second-order valence-corrected chi connectivity index (χ2v) is 11.0. The van der Waals surface area contributed by atoms with Gasteiger partial charge in [-0.25, -0.2) is 8.42 Å². The maximum atomic E-state index is 13.3. The van der Waals surface area contributed by atoms with E-state index in [9.17, 15) is 8.42 Å². The second-order valence-electron chi connectivity index (χ2n) is 8.52. The first-order valence-corrected chi connectivity index (χ1v) is 13.9. The lowest BCUT2D eigenvalue weighted by Gasteiger charge is -2.24. The summed E-state index contributed by atoms with van der Waals surface area (Å²) in [4.78, 5) is 0. The van der Waals surface area contributed by atoms with Crippen molar-refractivity contribution in [1.82, 2.24) is 0 Å². The molecule has 27 heavy (non-hydrogen) atoms. The highest BCUT2D eigenvalue weighted by atomic mass is 32.2. The minimum absolute atomic E-state index is 0.0923. The molecule has 0 aliphatic carbocycles. The highest BCUT2D eigenvalue weighted by Crippen LogP contribution is 2.27. The molecule has 0 rings (SSSR count). The van der Waals surface area contributed by atoms with Crippen LogP contribution in [0.25, 0.3) is 0 Å². The van der Waals surface area contributed by atoms with Crippen LogP contribution in [0.3, 0.4) is 0 Å². The van der Waals surface area contributed by atoms with Gasteiger partial charge in [0, 0.05) is 0 Å². The van der Waals surface area contributed by atoms with Crippen molar-refractivity contribution in [2.75, 3.05) is 0 Å². The van der Waals surface area contributed by atoms with E-state index in [0.717, 1.165) is 51.4 Å². The van der Waals surface area contributed by atoms with Gasteiger partial charge in [-0.1, -0.05) is 118 Å². The predicted molar refractivity (Wildman–Crippen MR) is 122 cm³/mol. The van der Waals surface area contributed by atoms with Crippen LogP contribution in [0.1, 0.15) is 143 Å². The van der Waals surface area contributed by atoms with E-state index >= 15 is 0 Å². The third kappa shape index (κ3) is 12.9. The number of hydrogen-bond acceptors (Lipinski definition) is 2. The molecule has 0 aliphatic heterocycles. The lowest BCUT2D eigenvalue weighted by molar-refractivity contribution is 0.499. The zero-order chi connectivity index (χ0) is 20.4. The van der Waals surface area contributed by atoms with E-state index in [-0.39, 0.29) is 10.5 Å². The van der Waals surface area contributed by atoms with Crippen LogP contribution in [0.15, 0.2) is 0 Å². The van der Waals surface area contributed by atoms with Crippen LogP contribution in [0.5, 0.6) is 0 Å². The quantitative estimate of drug-likeness (QED) is 0.192. The molecular formula is C24H50O2S. The van der Waals surface area contributed by atoms with E-state index in [4.69, 9.17) is 0 Å². The Kier molecular flexibility index (Phi) is 18.0. The molecule has 0 aliphatic rings. The number of rotatable bonds is 20. The Hall–Kier alpha value is -0.0500. The Bertz CT molecular complexity index is 371. The molecule has 0 aromatic carbocycles. The smallest absolute Gasteiger partial charge is 0.156 e. The van der Waals surface area contributed by atoms with Gasteiger partial charge in [0.1, 0.15) is 0 Å². The molecule has 2 unspecified atom stereocenters. The Labute approximate surface area is 172 Å². The monoisotopic (exact) mass is 402 g/mol. The number of unbranched alkanes of at least 4 members (excludes halogenated alkanes) is 10. The number of sulfone groups is 1. The average molecular weight is 403 g/mol. The molecule has 0 saturated carbocycles. The van der Waals surface area contributed by atoms with Gasteiger partial charge >= 0.3 is 0 Å². The molecule has 0 amide bonds. The van der Waals surface area contributed by atoms with Crippen LogP contribution in [0.4, 0.5) is 0 Å². The minimum Gasteiger partial charge on any atom is -0.228 e. The SMILES string of the molecule is CCCCCCCCC(CCC)S(=O)(=O)C(CCC)CCCCCCCC. The molecule has 0 heterocycles. The van der Waals surface area contributed by atoms with Crippen molar-refractivity contribution in [3.63, 3.8) is 0 Å². The molecule has 0 aromatic rings. The molecular weight excluding hydrogens is 352 g/mol. The molecule has 0 N–H and O–H groups in total. The van der Waals surface area contributed by atoms with Crippen molar-refractivity contribution < 1.29 is 8.42 Å². The van der Waals surface area contributed by atoms with Gasteiger partial charge in [-0.15, -0.1) is 0 Å². The van der Waals surface area contributed by atoms with Crippen molar-refractivity contribution >= 4 is 9.84 Å². The maximum absolute atomic E-state index is 13.3. The van der Waals surface area contributed by atoms with Gasteiger partial charge in [-0.3, -0.25) is 0 Å². The molecule has 0 spiro atoms. The molecule has 3 heteroatoms. The van der Waals surface area contributed by atoms with Gasteiger partial charge < -0.3 is 0 Å². The zero-order valence-electron chi connectivity index (χ0n) is 19.1. The molecule has 0 fully saturated rings. The molecule has 0 saturated heterocycles. The van der Waals surface area contributed by atoms with E-state index in [1.54, 1.807) is 0 Å². The number of hydrogen-bond donors (Lipinski definition) is 0. The summed E-state index contributed by atoms with van der Waals surface area (Å²) in [7, 11) is -2.98. The fourth-order valence-corrected chi connectivity index (χ4v) is 6.83. The van der Waals surface area contributed by atoms with Crippen molar-refractivity contribution in [1.29, 1.82) is 0 Å². The first-order valence-electron chi connectivity index (χ1n) is 12.3. The van der Waals surface area contributed by atoms with Gasteiger partial charge in [0.15, 0.2) is 9.84 Å². The molecule has 164 valence electrons. The summed E-state index contributed by atoms with van der Waals surface area (Å²) < 4.78 is 26.7. The highest BCUT2D eigenvalue weighted by Gasteiger charge is 2.32. The highest BCUT2D eigenvalue weighted by molar-refractivity contribution is 7.92. The topological polar surface area (TPSA) is 34.1 Å². The van der Waals surface area contributed by atoms with Gasteiger partial charge in [0.05, 0.1) is 10.5 Å². The summed E-state index contributed by atoms with van der Waals surface area (Å²) in [6.07, 6.45) is 20.3. The molecule has 2 atom stereocenters. The van der Waals surface area contributed by atoms with Crippen LogP contribution < -0.4 is 0 Å². The average Bonchev–Trinajstić information content (AvgIpc) is 2.65. The largest absolute Gasteiger partial charge is 0.228 e. The third-order valence-corrected chi connectivity index (χ3v) is 8.71. The van der Waals surface area contributed by atoms with Crippen LogP contribution in [-0.2, 0) is 9.84 Å². The summed E-state index contributed by atoms with van der Waals surface area (Å²) in [6, 6.07) is 0. The lowest BCUT2D eigenvalue weighted by Crippen LogP contribution is -2.32. The van der Waals surface area contributed by atoms with Crippen LogP contribution in [0, 0.1) is 0 Å². The van der Waals surface area contributed by atoms with Gasteiger partial charge in [0.25, 0.3) is 0 Å². The van der Waals surface area contributed by atoms with E-state index in [0.29, 0.717) is 0 Å². The van der Waals surface area contributed by atoms with Crippen LogP contribution in [0.2, 0.25) is 0 Å². The Morgan fingerprint density at radius 1 is 0.444 bits per heavy atom. The fraction of sp³-hybridized carbons (Fsp3) is 1.00. The fourth-order valence-electron chi connectivity index (χ4n) is 4.17. The first-order chi connectivity index (χ1) is 13.0. The third-order valence-electron chi connectivity index (χ3n) is 5.91. The summed E-state index contributed by atoms with van der Waals surface area (Å²) in [5, 5.41) is -0.185. The van der Waals surface area contributed by atoms with Gasteiger partial charge in [-0.2, -0.15) is 0 Å². The summed E-state index contributed by atoms with van der Waals surface area (Å²) >= 11 is 0. The van der Waals surface area contributed by atoms with Crippen molar-refractivity contribution in [3.8, 4) is 0 Å². The zero-order valence-corrected chi connectivity index (χ0v) is 19.9. The summed E-state index contributed by atoms with van der Waals surface area (Å²) in [5.74, 6) is 0. The summed E-state index contributed by atoms with van der Waals surface area (Å²) in [6.45, 7) is 8.74. The second kappa shape index (κ2) is 18.0. The first kappa shape index (κ1) is 27.0. The van der Waals surface area contributed by atoms with E-state index in [2.05, 4.69) is 27.7 Å². The van der Waals surface area contributed by atoms with Crippen molar-refractivity contribution in [2.45, 2.75) is 154 Å². The van der Waals surface area contributed by atoms with Crippen molar-refractivity contribution in [2.24, 2.45) is 0 Å². The molecule has 0 bridgehead atoms. The van der Waals surface area contributed by atoms with Crippen molar-refractivity contribution in [3.05, 3.63) is 0 Å². The summed E-state index contributed by atoms with van der Waals surface area (Å²) in [5.41, 5.74) is 0. The van der Waals surface area contributed by atoms with E-state index < -0.39 is 9.84 Å². The van der Waals surface area contributed by atoms with Gasteiger partial charge in [0.2, 0.25) is 0 Å². The van der Waals surface area contributed by atoms with E-state index in [1.807, 2.05) is 0 Å². The maximum Gasteiger partial charge on any atom is 0.156 e. The Morgan fingerprint density at radius 2 is 0.778 bits per heavy atom. The minimum atomic E-state index is -2.98. The molecule has 0 radical (unpaired) electrons. The van der Waals surface area contributed by atoms with Gasteiger partial charge in [-0.05, 0) is 25.7 Å². The lowest BCUT2D eigenvalue weighted by atomic mass is 10.1. The van der Waals surface area contributed by atoms with Crippen LogP contribution >= 0.6 is 0 Å². The normalized spacial score (nSPS) is 14.4. The van der Waals surface area contributed by atoms with Crippen LogP contribution in [-0.4, -0.2) is 18.9 Å². The Morgan fingerprint density at radius 3 is 1.11 bits per heavy atom. The molecule has 2 nitrogen and oxygen atoms in total.